The quantitative estimate of drug-likeness (QED) is 0.198. The molecule has 4 heterocycles. The summed E-state index contributed by atoms with van der Waals surface area (Å²) in [6, 6.07) is 59.2. The largest absolute Gasteiger partial charge is 0.456 e. The molecule has 1 N–H and O–H groups in total. The van der Waals surface area contributed by atoms with Crippen LogP contribution in [-0.2, 0) is 0 Å². The Morgan fingerprint density at radius 3 is 1.89 bits per heavy atom. The maximum absolute atomic E-state index is 6.77. The molecule has 0 radical (unpaired) electrons. The van der Waals surface area contributed by atoms with Gasteiger partial charge in [0.25, 0.3) is 0 Å². The number of aromatic nitrogens is 1. The summed E-state index contributed by atoms with van der Waals surface area (Å²) in [6.07, 6.45) is -0.547. The number of furan rings is 2. The number of amidine groups is 2. The van der Waals surface area contributed by atoms with Crippen molar-refractivity contribution in [2.45, 2.75) is 6.17 Å². The lowest BCUT2D eigenvalue weighted by Gasteiger charge is -2.23. The number of para-hydroxylation sites is 3. The van der Waals surface area contributed by atoms with Crippen LogP contribution in [0.3, 0.4) is 0 Å². The van der Waals surface area contributed by atoms with Crippen LogP contribution in [0.4, 0.5) is 0 Å². The number of fused-ring (bicyclic) bond motifs is 10. The molecule has 0 amide bonds. The van der Waals surface area contributed by atoms with Crippen LogP contribution < -0.4 is 5.32 Å². The minimum absolute atomic E-state index is 0.547. The zero-order valence-electron chi connectivity index (χ0n) is 29.4. The number of hydrogen-bond acceptors (Lipinski definition) is 5. The predicted molar refractivity (Wildman–Crippen MR) is 225 cm³/mol. The van der Waals surface area contributed by atoms with Gasteiger partial charge in [0.15, 0.2) is 11.7 Å². The van der Waals surface area contributed by atoms with E-state index in [9.17, 15) is 0 Å². The Hall–Kier alpha value is -7.44. The first-order valence-electron chi connectivity index (χ1n) is 18.5. The SMILES string of the molecule is c1ccc(C2=NC(c3cc(-n4c5ccccc5c5cc6ccccc6cc54)c4oc5ccccc5c4c3)N=C(c3ccc4oc5ccccc5c4c3)N2)cc1. The number of rotatable bonds is 4. The second kappa shape index (κ2) is 11.5. The van der Waals surface area contributed by atoms with Crippen LogP contribution in [0.5, 0.6) is 0 Å². The molecule has 258 valence electrons. The molecule has 55 heavy (non-hydrogen) atoms. The number of nitrogens with one attached hydrogen (secondary N) is 1. The van der Waals surface area contributed by atoms with E-state index >= 15 is 0 Å². The van der Waals surface area contributed by atoms with Crippen LogP contribution in [0.1, 0.15) is 22.9 Å². The third-order valence-electron chi connectivity index (χ3n) is 11.0. The zero-order valence-corrected chi connectivity index (χ0v) is 29.4. The van der Waals surface area contributed by atoms with Gasteiger partial charge in [0.2, 0.25) is 0 Å². The molecule has 0 spiro atoms. The molecular weight excluding hydrogens is 677 g/mol. The van der Waals surface area contributed by atoms with Crippen LogP contribution in [0, 0.1) is 0 Å². The fraction of sp³-hybridized carbons (Fsp3) is 0.0204. The van der Waals surface area contributed by atoms with Crippen molar-refractivity contribution < 1.29 is 8.83 Å². The molecule has 6 heteroatoms. The van der Waals surface area contributed by atoms with Gasteiger partial charge in [-0.15, -0.1) is 0 Å². The monoisotopic (exact) mass is 706 g/mol. The molecule has 12 rings (SSSR count). The molecule has 0 aliphatic carbocycles. The van der Waals surface area contributed by atoms with Gasteiger partial charge in [-0.05, 0) is 71.4 Å². The highest BCUT2D eigenvalue weighted by Crippen LogP contribution is 2.42. The molecule has 1 aliphatic rings. The Morgan fingerprint density at radius 1 is 0.436 bits per heavy atom. The van der Waals surface area contributed by atoms with E-state index in [0.29, 0.717) is 0 Å². The topological polar surface area (TPSA) is 68.0 Å². The summed E-state index contributed by atoms with van der Waals surface area (Å²) in [7, 11) is 0. The van der Waals surface area contributed by atoms with Crippen LogP contribution in [0.2, 0.25) is 0 Å². The Kier molecular flexibility index (Phi) is 6.30. The first kappa shape index (κ1) is 30.1. The standard InChI is InChI=1S/C49H30N4O2/c1-2-12-29(13-3-1)47-50-48(32-22-23-45-38(25-32)35-17-7-10-20-43(35)54-45)52-49(51-47)33-26-39-36-18-8-11-21-44(36)55-46(39)42(28-33)53-40-19-9-6-16-34(40)37-24-30-14-4-5-15-31(30)27-41(37)53/h1-28,49H,(H,50,51,52). The third kappa shape index (κ3) is 4.61. The molecular formula is C49H30N4O2. The maximum Gasteiger partial charge on any atom is 0.169 e. The van der Waals surface area contributed by atoms with Gasteiger partial charge in [-0.1, -0.05) is 109 Å². The number of benzene rings is 8. The van der Waals surface area contributed by atoms with Gasteiger partial charge in [0, 0.05) is 49.0 Å². The number of aliphatic imine (C=N–C) groups is 2. The second-order valence-corrected chi connectivity index (χ2v) is 14.2. The minimum atomic E-state index is -0.547. The molecule has 1 unspecified atom stereocenters. The van der Waals surface area contributed by atoms with Crippen molar-refractivity contribution >= 4 is 88.1 Å². The van der Waals surface area contributed by atoms with Crippen molar-refractivity contribution in [2.24, 2.45) is 9.98 Å². The van der Waals surface area contributed by atoms with E-state index in [1.165, 1.54) is 21.5 Å². The van der Waals surface area contributed by atoms with Gasteiger partial charge in [-0.2, -0.15) is 0 Å². The molecule has 0 saturated heterocycles. The number of nitrogens with zero attached hydrogens (tertiary/aromatic N) is 3. The Balaban J connectivity index is 1.13. The lowest BCUT2D eigenvalue weighted by atomic mass is 10.0. The third-order valence-corrected chi connectivity index (χ3v) is 11.0. The molecule has 0 saturated carbocycles. The molecule has 3 aromatic heterocycles. The summed E-state index contributed by atoms with van der Waals surface area (Å²) in [5, 5.41) is 12.6. The molecule has 1 atom stereocenters. The summed E-state index contributed by atoms with van der Waals surface area (Å²) in [5.74, 6) is 1.50. The van der Waals surface area contributed by atoms with Gasteiger partial charge < -0.3 is 18.7 Å². The van der Waals surface area contributed by atoms with Gasteiger partial charge in [0.1, 0.15) is 28.4 Å². The van der Waals surface area contributed by atoms with Gasteiger partial charge in [-0.3, -0.25) is 0 Å². The highest BCUT2D eigenvalue weighted by molar-refractivity contribution is 6.18. The maximum atomic E-state index is 6.77. The average Bonchev–Trinajstić information content (AvgIpc) is 3.92. The van der Waals surface area contributed by atoms with Crippen molar-refractivity contribution in [3.8, 4) is 5.69 Å². The zero-order chi connectivity index (χ0) is 36.0. The summed E-state index contributed by atoms with van der Waals surface area (Å²) in [5.41, 5.74) is 9.44. The summed E-state index contributed by atoms with van der Waals surface area (Å²) in [4.78, 5) is 10.7. The molecule has 6 nitrogen and oxygen atoms in total. The van der Waals surface area contributed by atoms with Gasteiger partial charge in [-0.25, -0.2) is 9.98 Å². The van der Waals surface area contributed by atoms with E-state index in [0.717, 1.165) is 89.0 Å². The van der Waals surface area contributed by atoms with E-state index in [2.05, 4.69) is 125 Å². The summed E-state index contributed by atoms with van der Waals surface area (Å²) >= 11 is 0. The normalized spacial score (nSPS) is 14.7. The van der Waals surface area contributed by atoms with E-state index in [-0.39, 0.29) is 0 Å². The molecule has 1 aliphatic heterocycles. The molecule has 0 fully saturated rings. The molecule has 11 aromatic rings. The van der Waals surface area contributed by atoms with Crippen molar-refractivity contribution in [1.82, 2.24) is 9.88 Å². The Morgan fingerprint density at radius 2 is 1.07 bits per heavy atom. The highest BCUT2D eigenvalue weighted by Gasteiger charge is 2.25. The van der Waals surface area contributed by atoms with Crippen LogP contribution in [-0.4, -0.2) is 16.2 Å². The molecule has 8 aromatic carbocycles. The first-order valence-corrected chi connectivity index (χ1v) is 18.5. The highest BCUT2D eigenvalue weighted by atomic mass is 16.3. The van der Waals surface area contributed by atoms with Crippen molar-refractivity contribution in [2.75, 3.05) is 0 Å². The number of hydrogen-bond donors (Lipinski definition) is 1. The second-order valence-electron chi connectivity index (χ2n) is 14.2. The van der Waals surface area contributed by atoms with E-state index in [1.807, 2.05) is 54.6 Å². The Bertz CT molecular complexity index is 3420. The Labute approximate surface area is 314 Å². The van der Waals surface area contributed by atoms with Crippen molar-refractivity contribution in [3.63, 3.8) is 0 Å². The predicted octanol–water partition coefficient (Wildman–Crippen LogP) is 12.2. The van der Waals surface area contributed by atoms with Gasteiger partial charge >= 0.3 is 0 Å². The first-order chi connectivity index (χ1) is 27.2. The fourth-order valence-corrected chi connectivity index (χ4v) is 8.42. The fourth-order valence-electron chi connectivity index (χ4n) is 8.42. The van der Waals surface area contributed by atoms with Gasteiger partial charge in [0.05, 0.1) is 16.7 Å². The van der Waals surface area contributed by atoms with Crippen LogP contribution in [0.25, 0.3) is 82.1 Å². The van der Waals surface area contributed by atoms with Crippen LogP contribution >= 0.6 is 0 Å². The van der Waals surface area contributed by atoms with Crippen molar-refractivity contribution in [1.29, 1.82) is 0 Å². The summed E-state index contributed by atoms with van der Waals surface area (Å²) < 4.78 is 15.3. The lowest BCUT2D eigenvalue weighted by molar-refractivity contribution is 0.665. The van der Waals surface area contributed by atoms with E-state index in [4.69, 9.17) is 18.8 Å². The average molecular weight is 707 g/mol. The van der Waals surface area contributed by atoms with E-state index in [1.54, 1.807) is 0 Å². The molecule has 0 bridgehead atoms. The smallest absolute Gasteiger partial charge is 0.169 e. The summed E-state index contributed by atoms with van der Waals surface area (Å²) in [6.45, 7) is 0. The lowest BCUT2D eigenvalue weighted by Crippen LogP contribution is -2.36. The minimum Gasteiger partial charge on any atom is -0.456 e. The van der Waals surface area contributed by atoms with Crippen LogP contribution in [0.15, 0.2) is 189 Å². The van der Waals surface area contributed by atoms with E-state index < -0.39 is 6.17 Å². The van der Waals surface area contributed by atoms with Crippen molar-refractivity contribution in [3.05, 3.63) is 187 Å².